The number of anilines is 2. The Labute approximate surface area is 199 Å². The predicted molar refractivity (Wildman–Crippen MR) is 135 cm³/mol. The molecule has 0 saturated heterocycles. The zero-order valence-electron chi connectivity index (χ0n) is 18.5. The van der Waals surface area contributed by atoms with Crippen molar-refractivity contribution in [2.45, 2.75) is 62.2 Å². The van der Waals surface area contributed by atoms with Crippen molar-refractivity contribution in [3.05, 3.63) is 40.9 Å². The molecule has 1 heterocycles. The molecule has 2 aromatic rings. The second kappa shape index (κ2) is 10.2. The molecule has 1 aliphatic rings. The molecule has 7 heteroatoms. The molecule has 0 amide bonds. The van der Waals surface area contributed by atoms with E-state index >= 15 is 0 Å². The minimum Gasteiger partial charge on any atom is -0.507 e. The maximum absolute atomic E-state index is 13.7. The molecule has 2 aromatic carbocycles. The van der Waals surface area contributed by atoms with E-state index in [4.69, 9.17) is 0 Å². The molecule has 0 spiro atoms. The highest BCUT2D eigenvalue weighted by molar-refractivity contribution is 9.10. The van der Waals surface area contributed by atoms with Gasteiger partial charge >= 0.3 is 0 Å². The number of nitrogens with zero attached hydrogens (tertiary/aromatic N) is 1. The zero-order chi connectivity index (χ0) is 22.6. The van der Waals surface area contributed by atoms with Crippen LogP contribution < -0.4 is 4.90 Å². The fourth-order valence-electron chi connectivity index (χ4n) is 4.49. The number of rotatable bonds is 8. The Morgan fingerprint density at radius 2 is 1.71 bits per heavy atom. The van der Waals surface area contributed by atoms with Gasteiger partial charge in [-0.15, -0.1) is 11.8 Å². The Kier molecular flexibility index (Phi) is 8.03. The number of sulfone groups is 1. The first kappa shape index (κ1) is 24.5. The molecule has 1 N–H and O–H groups in total. The van der Waals surface area contributed by atoms with Crippen molar-refractivity contribution in [3.63, 3.8) is 0 Å². The third kappa shape index (κ3) is 5.42. The number of unbranched alkanes of at least 4 members (excludes halogenated alkanes) is 2. The first-order valence-corrected chi connectivity index (χ1v) is 14.6. The second-order valence-electron chi connectivity index (χ2n) is 8.52. The van der Waals surface area contributed by atoms with Crippen LogP contribution in [0.1, 0.15) is 52.4 Å². The lowest BCUT2D eigenvalue weighted by atomic mass is 9.79. The van der Waals surface area contributed by atoms with Crippen LogP contribution in [0.3, 0.4) is 0 Å². The molecule has 0 atom stereocenters. The number of thioether (sulfide) groups is 1. The van der Waals surface area contributed by atoms with E-state index in [0.29, 0.717) is 17.1 Å². The number of phenolic OH excluding ortho intramolecular Hbond substituents is 1. The van der Waals surface area contributed by atoms with E-state index in [1.807, 2.05) is 36.6 Å². The van der Waals surface area contributed by atoms with Crippen molar-refractivity contribution < 1.29 is 13.5 Å². The van der Waals surface area contributed by atoms with E-state index in [9.17, 15) is 13.5 Å². The van der Waals surface area contributed by atoms with Gasteiger partial charge in [-0.2, -0.15) is 0 Å². The normalized spacial score (nSPS) is 17.2. The number of fused-ring (bicyclic) bond motifs is 1. The van der Waals surface area contributed by atoms with Gasteiger partial charge < -0.3 is 10.0 Å². The van der Waals surface area contributed by atoms with Gasteiger partial charge in [0.2, 0.25) is 0 Å². The largest absolute Gasteiger partial charge is 0.507 e. The van der Waals surface area contributed by atoms with Gasteiger partial charge in [0.15, 0.2) is 9.84 Å². The topological polar surface area (TPSA) is 57.6 Å². The smallest absolute Gasteiger partial charge is 0.181 e. The summed E-state index contributed by atoms with van der Waals surface area (Å²) in [6.45, 7) is 4.96. The number of aromatic hydroxyl groups is 1. The van der Waals surface area contributed by atoms with Crippen molar-refractivity contribution in [1.29, 1.82) is 0 Å². The molecule has 0 radical (unpaired) electrons. The average molecular weight is 527 g/mol. The van der Waals surface area contributed by atoms with Gasteiger partial charge in [0.25, 0.3) is 0 Å². The highest BCUT2D eigenvalue weighted by atomic mass is 79.9. The summed E-state index contributed by atoms with van der Waals surface area (Å²) in [5, 5.41) is 10.5. The lowest BCUT2D eigenvalue weighted by molar-refractivity contribution is 0.270. The third-order valence-electron chi connectivity index (χ3n) is 6.14. The summed E-state index contributed by atoms with van der Waals surface area (Å²) in [4.78, 5) is 3.09. The van der Waals surface area contributed by atoms with Crippen LogP contribution in [0.4, 0.5) is 11.4 Å². The minimum absolute atomic E-state index is 0.0280. The van der Waals surface area contributed by atoms with E-state index in [2.05, 4.69) is 34.7 Å². The quantitative estimate of drug-likeness (QED) is 0.370. The Hall–Kier alpha value is -1.18. The van der Waals surface area contributed by atoms with E-state index in [1.165, 1.54) is 17.8 Å². The lowest BCUT2D eigenvalue weighted by Crippen LogP contribution is -2.38. The molecule has 3 rings (SSSR count). The highest BCUT2D eigenvalue weighted by Gasteiger charge is 2.42. The first-order valence-electron chi connectivity index (χ1n) is 10.9. The number of benzene rings is 2. The van der Waals surface area contributed by atoms with E-state index in [0.717, 1.165) is 48.7 Å². The molecular formula is C24H32BrNO3S2. The molecular weight excluding hydrogens is 494 g/mol. The van der Waals surface area contributed by atoms with E-state index in [-0.39, 0.29) is 21.8 Å². The number of hydrogen-bond donors (Lipinski definition) is 1. The van der Waals surface area contributed by atoms with Crippen LogP contribution in [0, 0.1) is 5.41 Å². The summed E-state index contributed by atoms with van der Waals surface area (Å²) in [5.74, 6) is 0.151. The summed E-state index contributed by atoms with van der Waals surface area (Å²) in [7, 11) is -3.56. The van der Waals surface area contributed by atoms with Crippen molar-refractivity contribution in [1.82, 2.24) is 0 Å². The predicted octanol–water partition coefficient (Wildman–Crippen LogP) is 7.17. The van der Waals surface area contributed by atoms with Crippen molar-refractivity contribution in [3.8, 4) is 5.75 Å². The standard InChI is InChI=1S/C24H32BrNO3S2/c1-4-6-12-24(13-7-5-2)16-26(19-10-8-18(25)9-11-19)20-14-22(30-3)21(27)15-23(20)31(28,29)17-24/h8-11,14-15,27H,4-7,12-13,16-17H2,1-3H3. The zero-order valence-corrected chi connectivity index (χ0v) is 21.7. The average Bonchev–Trinajstić information content (AvgIpc) is 2.83. The molecule has 0 aromatic heterocycles. The Morgan fingerprint density at radius 3 is 2.26 bits per heavy atom. The fourth-order valence-corrected chi connectivity index (χ4v) is 7.37. The Balaban J connectivity index is 2.24. The van der Waals surface area contributed by atoms with Crippen molar-refractivity contribution >= 4 is 48.9 Å². The molecule has 0 saturated carbocycles. The Morgan fingerprint density at radius 1 is 1.10 bits per heavy atom. The lowest BCUT2D eigenvalue weighted by Gasteiger charge is -2.37. The van der Waals surface area contributed by atoms with E-state index in [1.54, 1.807) is 0 Å². The molecule has 0 unspecified atom stereocenters. The molecule has 4 nitrogen and oxygen atoms in total. The highest BCUT2D eigenvalue weighted by Crippen LogP contribution is 2.47. The number of halogens is 1. The van der Waals surface area contributed by atoms with Gasteiger partial charge in [-0.1, -0.05) is 55.5 Å². The SMILES string of the molecule is CCCCC1(CCCC)CN(c2ccc(Br)cc2)c2cc(SC)c(O)cc2S(=O)(=O)C1. The minimum atomic E-state index is -3.56. The maximum atomic E-state index is 13.7. The molecule has 1 aliphatic heterocycles. The fraction of sp³-hybridized carbons (Fsp3) is 0.500. The summed E-state index contributed by atoms with van der Waals surface area (Å²) in [6.07, 6.45) is 7.74. The van der Waals surface area contributed by atoms with Gasteiger partial charge in [-0.25, -0.2) is 8.42 Å². The summed E-state index contributed by atoms with van der Waals surface area (Å²) in [5.41, 5.74) is 1.31. The molecule has 31 heavy (non-hydrogen) atoms. The van der Waals surface area contributed by atoms with Crippen molar-refractivity contribution in [2.75, 3.05) is 23.5 Å². The summed E-state index contributed by atoms with van der Waals surface area (Å²) < 4.78 is 28.3. The monoisotopic (exact) mass is 525 g/mol. The van der Waals surface area contributed by atoms with Gasteiger partial charge in [0, 0.05) is 28.2 Å². The van der Waals surface area contributed by atoms with Crippen molar-refractivity contribution in [2.24, 2.45) is 5.41 Å². The number of hydrogen-bond acceptors (Lipinski definition) is 5. The van der Waals surface area contributed by atoms with Crippen LogP contribution in [-0.4, -0.2) is 32.1 Å². The van der Waals surface area contributed by atoms with Crippen LogP contribution in [-0.2, 0) is 9.84 Å². The maximum Gasteiger partial charge on any atom is 0.181 e. The summed E-state index contributed by atoms with van der Waals surface area (Å²) >= 11 is 4.93. The second-order valence-corrected chi connectivity index (χ2v) is 12.2. The Bertz CT molecular complexity index is 998. The number of phenols is 1. The third-order valence-corrected chi connectivity index (χ3v) is 9.42. The molecule has 0 aliphatic carbocycles. The molecule has 170 valence electrons. The summed E-state index contributed by atoms with van der Waals surface area (Å²) in [6, 6.07) is 11.3. The van der Waals surface area contributed by atoms with Gasteiger partial charge in [0.1, 0.15) is 5.75 Å². The molecule has 0 fully saturated rings. The van der Waals surface area contributed by atoms with Crippen LogP contribution in [0.25, 0.3) is 0 Å². The van der Waals surface area contributed by atoms with Gasteiger partial charge in [0.05, 0.1) is 21.2 Å². The first-order chi connectivity index (χ1) is 14.7. The van der Waals surface area contributed by atoms with E-state index < -0.39 is 9.84 Å². The van der Waals surface area contributed by atoms with Crippen LogP contribution in [0.2, 0.25) is 0 Å². The van der Waals surface area contributed by atoms with Gasteiger partial charge in [-0.05, 0) is 49.4 Å². The van der Waals surface area contributed by atoms with Crippen LogP contribution >= 0.6 is 27.7 Å². The molecule has 0 bridgehead atoms. The van der Waals surface area contributed by atoms with Gasteiger partial charge in [-0.3, -0.25) is 0 Å². The van der Waals surface area contributed by atoms with Crippen LogP contribution in [0.15, 0.2) is 50.7 Å². The van der Waals surface area contributed by atoms with Crippen LogP contribution in [0.5, 0.6) is 5.75 Å².